The third-order valence-corrected chi connectivity index (χ3v) is 3.17. The molecule has 0 unspecified atom stereocenters. The summed E-state index contributed by atoms with van der Waals surface area (Å²) in [5, 5.41) is 2.60. The lowest BCUT2D eigenvalue weighted by atomic mass is 10.1. The molecule has 0 spiro atoms. The van der Waals surface area contributed by atoms with Crippen molar-refractivity contribution in [3.05, 3.63) is 66.3 Å². The number of thiocarbonyl (C=S) groups is 1. The Labute approximate surface area is 128 Å². The van der Waals surface area contributed by atoms with Crippen molar-refractivity contribution < 1.29 is 9.59 Å². The smallest absolute Gasteiger partial charge is 0.265 e. The first-order valence-electron chi connectivity index (χ1n) is 6.35. The van der Waals surface area contributed by atoms with E-state index in [4.69, 9.17) is 12.2 Å². The number of hydrogen-bond donors (Lipinski definition) is 1. The predicted molar refractivity (Wildman–Crippen MR) is 86.2 cm³/mol. The van der Waals surface area contributed by atoms with E-state index >= 15 is 0 Å². The van der Waals surface area contributed by atoms with Crippen molar-refractivity contribution in [1.82, 2.24) is 10.2 Å². The van der Waals surface area contributed by atoms with Crippen LogP contribution in [0.4, 0.5) is 0 Å². The maximum Gasteiger partial charge on any atom is 0.265 e. The van der Waals surface area contributed by atoms with E-state index in [0.29, 0.717) is 0 Å². The summed E-state index contributed by atoms with van der Waals surface area (Å²) < 4.78 is 0. The van der Waals surface area contributed by atoms with Crippen molar-refractivity contribution in [1.29, 1.82) is 0 Å². The summed E-state index contributed by atoms with van der Waals surface area (Å²) in [5.74, 6) is -0.899. The van der Waals surface area contributed by atoms with Crippen LogP contribution in [0.25, 0.3) is 6.08 Å². The molecule has 1 aromatic carbocycles. The number of carbonyl (C=O) groups excluding carboxylic acids is 2. The molecule has 1 aliphatic heterocycles. The van der Waals surface area contributed by atoms with Gasteiger partial charge in [-0.2, -0.15) is 0 Å². The summed E-state index contributed by atoms with van der Waals surface area (Å²) >= 11 is 4.97. The van der Waals surface area contributed by atoms with E-state index in [1.54, 1.807) is 12.2 Å². The van der Waals surface area contributed by atoms with Crippen LogP contribution in [0.5, 0.6) is 0 Å². The average molecular weight is 298 g/mol. The fourth-order valence-electron chi connectivity index (χ4n) is 1.83. The number of nitrogens with zero attached hydrogens (tertiary/aromatic N) is 1. The van der Waals surface area contributed by atoms with Gasteiger partial charge in [0.25, 0.3) is 11.8 Å². The van der Waals surface area contributed by atoms with E-state index in [2.05, 4.69) is 11.9 Å². The van der Waals surface area contributed by atoms with Crippen LogP contribution in [-0.4, -0.2) is 28.4 Å². The molecule has 1 aromatic rings. The minimum atomic E-state index is -0.483. The third kappa shape index (κ3) is 3.52. The number of hydrogen-bond acceptors (Lipinski definition) is 3. The van der Waals surface area contributed by atoms with Crippen LogP contribution in [0.2, 0.25) is 0 Å². The van der Waals surface area contributed by atoms with Crippen LogP contribution in [0.15, 0.2) is 60.7 Å². The van der Waals surface area contributed by atoms with E-state index in [1.807, 2.05) is 36.4 Å². The molecule has 1 saturated heterocycles. The van der Waals surface area contributed by atoms with Crippen molar-refractivity contribution in [2.24, 2.45) is 0 Å². The molecule has 1 N–H and O–H groups in total. The number of nitrogens with one attached hydrogen (secondary N) is 1. The maximum absolute atomic E-state index is 12.2. The molecule has 5 heteroatoms. The minimum absolute atomic E-state index is 0.0534. The molecule has 1 heterocycles. The molecule has 0 radical (unpaired) electrons. The van der Waals surface area contributed by atoms with Crippen molar-refractivity contribution in [2.45, 2.75) is 0 Å². The average Bonchev–Trinajstić information content (AvgIpc) is 2.48. The summed E-state index contributed by atoms with van der Waals surface area (Å²) in [4.78, 5) is 25.3. The van der Waals surface area contributed by atoms with Gasteiger partial charge in [0, 0.05) is 6.54 Å². The highest BCUT2D eigenvalue weighted by molar-refractivity contribution is 7.80. The van der Waals surface area contributed by atoms with Gasteiger partial charge in [-0.15, -0.1) is 6.58 Å². The molecule has 0 bridgehead atoms. The predicted octanol–water partition coefficient (Wildman–Crippen LogP) is 2.06. The highest BCUT2D eigenvalue weighted by Gasteiger charge is 2.31. The van der Waals surface area contributed by atoms with Gasteiger partial charge in [-0.05, 0) is 23.9 Å². The number of benzene rings is 1. The summed E-state index contributed by atoms with van der Waals surface area (Å²) in [5.41, 5.74) is 1.04. The summed E-state index contributed by atoms with van der Waals surface area (Å²) in [6.07, 6.45) is 6.53. The van der Waals surface area contributed by atoms with Gasteiger partial charge in [-0.25, -0.2) is 0 Å². The van der Waals surface area contributed by atoms with Crippen LogP contribution in [0, 0.1) is 0 Å². The van der Waals surface area contributed by atoms with E-state index in [1.165, 1.54) is 11.0 Å². The summed E-state index contributed by atoms with van der Waals surface area (Å²) in [6.45, 7) is 3.83. The Balaban J connectivity index is 2.20. The Kier molecular flexibility index (Phi) is 4.79. The zero-order chi connectivity index (χ0) is 15.2. The minimum Gasteiger partial charge on any atom is -0.298 e. The van der Waals surface area contributed by atoms with Crippen molar-refractivity contribution in [3.63, 3.8) is 0 Å². The lowest BCUT2D eigenvalue weighted by Gasteiger charge is -2.27. The van der Waals surface area contributed by atoms with Gasteiger partial charge >= 0.3 is 0 Å². The Morgan fingerprint density at radius 1 is 1.24 bits per heavy atom. The van der Waals surface area contributed by atoms with Crippen LogP contribution in [0.1, 0.15) is 5.56 Å². The van der Waals surface area contributed by atoms with E-state index in [9.17, 15) is 9.59 Å². The molecule has 0 aliphatic carbocycles. The SMILES string of the molecule is C=CCN1C(=O)C(=CC=Cc2ccccc2)C(=O)NC1=S. The fourth-order valence-corrected chi connectivity index (χ4v) is 2.08. The normalized spacial score (nSPS) is 17.4. The van der Waals surface area contributed by atoms with Crippen LogP contribution < -0.4 is 5.32 Å². The molecule has 0 atom stereocenters. The first kappa shape index (κ1) is 14.9. The standard InChI is InChI=1S/C16H14N2O2S/c1-2-11-18-15(20)13(14(19)17-16(18)21)10-6-9-12-7-4-3-5-8-12/h2-10H,1,11H2,(H,17,19,21). The Bertz CT molecular complexity index is 648. The molecule has 0 saturated carbocycles. The van der Waals surface area contributed by atoms with Crippen molar-refractivity contribution in [3.8, 4) is 0 Å². The first-order chi connectivity index (χ1) is 10.1. The van der Waals surface area contributed by atoms with Crippen LogP contribution in [0.3, 0.4) is 0 Å². The molecule has 1 aliphatic rings. The topological polar surface area (TPSA) is 49.4 Å². The van der Waals surface area contributed by atoms with Gasteiger partial charge in [0.2, 0.25) is 0 Å². The van der Waals surface area contributed by atoms with Gasteiger partial charge in [0.1, 0.15) is 5.57 Å². The zero-order valence-electron chi connectivity index (χ0n) is 11.3. The zero-order valence-corrected chi connectivity index (χ0v) is 12.1. The summed E-state index contributed by atoms with van der Waals surface area (Å²) in [7, 11) is 0. The van der Waals surface area contributed by atoms with E-state index in [0.717, 1.165) is 5.56 Å². The second-order valence-corrected chi connectivity index (χ2v) is 4.70. The number of rotatable bonds is 4. The van der Waals surface area contributed by atoms with E-state index in [-0.39, 0.29) is 17.2 Å². The molecule has 4 nitrogen and oxygen atoms in total. The molecule has 2 amide bonds. The lowest BCUT2D eigenvalue weighted by molar-refractivity contribution is -0.128. The second kappa shape index (κ2) is 6.76. The highest BCUT2D eigenvalue weighted by atomic mass is 32.1. The number of carbonyl (C=O) groups is 2. The molecule has 2 rings (SSSR count). The third-order valence-electron chi connectivity index (χ3n) is 2.85. The number of allylic oxidation sites excluding steroid dienone is 2. The first-order valence-corrected chi connectivity index (χ1v) is 6.76. The molecular weight excluding hydrogens is 284 g/mol. The highest BCUT2D eigenvalue weighted by Crippen LogP contribution is 2.11. The van der Waals surface area contributed by atoms with Crippen molar-refractivity contribution >= 4 is 35.2 Å². The molecule has 0 aromatic heterocycles. The van der Waals surface area contributed by atoms with Crippen LogP contribution >= 0.6 is 12.2 Å². The van der Waals surface area contributed by atoms with Gasteiger partial charge < -0.3 is 0 Å². The molecule has 106 valence electrons. The van der Waals surface area contributed by atoms with Gasteiger partial charge in [0.05, 0.1) is 0 Å². The van der Waals surface area contributed by atoms with Crippen molar-refractivity contribution in [2.75, 3.05) is 6.54 Å². The monoisotopic (exact) mass is 298 g/mol. The lowest BCUT2D eigenvalue weighted by Crippen LogP contribution is -2.53. The maximum atomic E-state index is 12.2. The summed E-state index contributed by atoms with van der Waals surface area (Å²) in [6, 6.07) is 9.60. The fraction of sp³-hybridized carbons (Fsp3) is 0.0625. The Morgan fingerprint density at radius 3 is 2.62 bits per heavy atom. The Hall–Kier alpha value is -2.53. The van der Waals surface area contributed by atoms with Gasteiger partial charge in [-0.3, -0.25) is 19.8 Å². The molecule has 21 heavy (non-hydrogen) atoms. The van der Waals surface area contributed by atoms with Gasteiger partial charge in [-0.1, -0.05) is 48.6 Å². The number of amides is 2. The molecule has 1 fully saturated rings. The van der Waals surface area contributed by atoms with E-state index < -0.39 is 11.8 Å². The quantitative estimate of drug-likeness (QED) is 0.400. The Morgan fingerprint density at radius 2 is 1.95 bits per heavy atom. The molecular formula is C16H14N2O2S. The largest absolute Gasteiger partial charge is 0.298 e. The van der Waals surface area contributed by atoms with Gasteiger partial charge in [0.15, 0.2) is 5.11 Å². The second-order valence-electron chi connectivity index (χ2n) is 4.31. The van der Waals surface area contributed by atoms with Crippen LogP contribution in [-0.2, 0) is 9.59 Å².